The second-order valence-electron chi connectivity index (χ2n) is 36.0. The molecule has 0 aliphatic heterocycles. The van der Waals surface area contributed by atoms with Gasteiger partial charge in [-0.1, -0.05) is 498 Å². The minimum absolute atomic E-state index is 0.0163. The van der Waals surface area contributed by atoms with E-state index in [0.29, 0.717) is 12.0 Å². The van der Waals surface area contributed by atoms with Crippen LogP contribution in [-0.4, -0.2) is 40.7 Å². The Bertz CT molecular complexity index is 1620. The summed E-state index contributed by atoms with van der Waals surface area (Å²) in [5.41, 5.74) is 0. The molecule has 0 unspecified atom stereocenters. The minimum atomic E-state index is -2.03. The van der Waals surface area contributed by atoms with Gasteiger partial charge in [0.05, 0.1) is 25.2 Å². The van der Waals surface area contributed by atoms with E-state index in [-0.39, 0.29) is 23.0 Å². The van der Waals surface area contributed by atoms with Crippen LogP contribution in [0.3, 0.4) is 0 Å². The van der Waals surface area contributed by atoms with Crippen LogP contribution < -0.4 is 0 Å². The molecule has 1 fully saturated rings. The highest BCUT2D eigenvalue weighted by molar-refractivity contribution is 6.74. The summed E-state index contributed by atoms with van der Waals surface area (Å²) >= 11 is 0. The maximum absolute atomic E-state index is 13.4. The normalized spacial score (nSPS) is 15.8. The molecule has 0 amide bonds. The molecule has 598 valence electrons. The SMILES string of the molecule is CCCCCCCCCCCCCCCCCCCCCCCC[C@@H](C(=O)OC)[C@@H](CCCCCCCCCCCCCCCCCC[C@H]1C[C@@H]1[C@@H](C)CCCCCCCCCCCCCCCC[C@@H](OC)[C@@H](C)CCCCCCCCCCCCCCCCCC)O[Si](C)(C)C(C)(C)C. The minimum Gasteiger partial charge on any atom is -0.469 e. The summed E-state index contributed by atoms with van der Waals surface area (Å²) in [6, 6.07) is 0. The molecule has 0 bridgehead atoms. The highest BCUT2D eigenvalue weighted by Crippen LogP contribution is 2.49. The Morgan fingerprint density at radius 3 is 0.840 bits per heavy atom. The number of ether oxygens (including phenoxy) is 2. The van der Waals surface area contributed by atoms with E-state index in [2.05, 4.69) is 61.6 Å². The number of rotatable bonds is 83. The number of carbonyl (C=O) groups excluding carboxylic acids is 1. The first-order chi connectivity index (χ1) is 48.8. The maximum atomic E-state index is 13.4. The molecule has 5 heteroatoms. The van der Waals surface area contributed by atoms with Crippen LogP contribution >= 0.6 is 0 Å². The van der Waals surface area contributed by atoms with E-state index in [9.17, 15) is 4.79 Å². The molecular formula is C95H190O4Si. The lowest BCUT2D eigenvalue weighted by Crippen LogP contribution is -2.47. The lowest BCUT2D eigenvalue weighted by Gasteiger charge is -2.41. The standard InChI is InChI=1S/C95H190O4Si/c1-12-14-16-18-20-22-24-26-28-30-31-32-33-34-35-40-47-53-59-65-71-77-83-90(94(96)98-9)93(99-100(10,11)95(5,6)7)85-79-73-67-61-55-49-41-37-36-39-46-52-58-64-70-76-82-89-86-91(89)87(3)80-74-68-62-56-50-44-42-43-48-54-60-66-72-78-84-92(97-8)88(4)81-75-69-63-57-51-45-38-29-27-25-23-21-19-17-15-13-2/h87-93H,12-86H2,1-11H3/t87-,88-,89-,90+,91+,92+,93+/m0/s1. The van der Waals surface area contributed by atoms with Gasteiger partial charge in [-0.2, -0.15) is 0 Å². The van der Waals surface area contributed by atoms with Crippen LogP contribution in [0.2, 0.25) is 18.1 Å². The van der Waals surface area contributed by atoms with E-state index < -0.39 is 8.32 Å². The van der Waals surface area contributed by atoms with Gasteiger partial charge in [-0.05, 0) is 73.9 Å². The fraction of sp³-hybridized carbons (Fsp3) is 0.989. The zero-order chi connectivity index (χ0) is 72.8. The van der Waals surface area contributed by atoms with Crippen molar-refractivity contribution in [2.75, 3.05) is 14.2 Å². The van der Waals surface area contributed by atoms with Crippen LogP contribution in [-0.2, 0) is 18.7 Å². The monoisotopic (exact) mass is 1420 g/mol. The lowest BCUT2D eigenvalue weighted by molar-refractivity contribution is -0.149. The van der Waals surface area contributed by atoms with Crippen molar-refractivity contribution in [1.29, 1.82) is 0 Å². The highest BCUT2D eigenvalue weighted by atomic mass is 28.4. The van der Waals surface area contributed by atoms with E-state index in [0.717, 1.165) is 43.4 Å². The molecule has 0 spiro atoms. The first kappa shape index (κ1) is 97.6. The molecular weight excluding hydrogens is 1230 g/mol. The Labute approximate surface area is 633 Å². The number of hydrogen-bond acceptors (Lipinski definition) is 4. The van der Waals surface area contributed by atoms with E-state index in [1.807, 2.05) is 7.11 Å². The van der Waals surface area contributed by atoms with Crippen LogP contribution in [0, 0.1) is 29.6 Å². The largest absolute Gasteiger partial charge is 0.469 e. The van der Waals surface area contributed by atoms with E-state index in [1.54, 1.807) is 13.5 Å². The summed E-state index contributed by atoms with van der Waals surface area (Å²) in [6.45, 7) is 21.4. The average Bonchev–Trinajstić information content (AvgIpc) is 1.39. The first-order valence-electron chi connectivity index (χ1n) is 47.1. The Morgan fingerprint density at radius 2 is 0.570 bits per heavy atom. The predicted octanol–water partition coefficient (Wildman–Crippen LogP) is 34.0. The van der Waals surface area contributed by atoms with Crippen LogP contribution in [0.5, 0.6) is 0 Å². The molecule has 4 nitrogen and oxygen atoms in total. The molecule has 0 aromatic rings. The van der Waals surface area contributed by atoms with Crippen LogP contribution in [0.1, 0.15) is 530 Å². The molecule has 1 aliphatic rings. The Balaban J connectivity index is 1.96. The van der Waals surface area contributed by atoms with Crippen molar-refractivity contribution in [2.45, 2.75) is 560 Å². The van der Waals surface area contributed by atoms with Crippen LogP contribution in [0.15, 0.2) is 0 Å². The molecule has 1 aliphatic carbocycles. The third-order valence-corrected chi connectivity index (χ3v) is 29.9. The lowest BCUT2D eigenvalue weighted by atomic mass is 9.91. The van der Waals surface area contributed by atoms with Gasteiger partial charge < -0.3 is 13.9 Å². The van der Waals surface area contributed by atoms with Gasteiger partial charge in [0, 0.05) is 7.11 Å². The third-order valence-electron chi connectivity index (χ3n) is 25.4. The average molecular weight is 1420 g/mol. The Kier molecular flexibility index (Phi) is 71.1. The zero-order valence-electron chi connectivity index (χ0n) is 71.2. The molecule has 1 saturated carbocycles. The second kappa shape index (κ2) is 72.8. The molecule has 100 heavy (non-hydrogen) atoms. The fourth-order valence-electron chi connectivity index (χ4n) is 17.0. The summed E-state index contributed by atoms with van der Waals surface area (Å²) in [6.07, 6.45) is 106. The zero-order valence-corrected chi connectivity index (χ0v) is 72.2. The molecule has 0 aromatic heterocycles. The second-order valence-corrected chi connectivity index (χ2v) is 40.8. The van der Waals surface area contributed by atoms with Gasteiger partial charge in [0.15, 0.2) is 8.32 Å². The van der Waals surface area contributed by atoms with E-state index >= 15 is 0 Å². The predicted molar refractivity (Wildman–Crippen MR) is 451 cm³/mol. The topological polar surface area (TPSA) is 44.8 Å². The van der Waals surface area contributed by atoms with E-state index in [4.69, 9.17) is 13.9 Å². The van der Waals surface area contributed by atoms with Crippen molar-refractivity contribution in [3.05, 3.63) is 0 Å². The Morgan fingerprint density at radius 1 is 0.330 bits per heavy atom. The molecule has 7 atom stereocenters. The van der Waals surface area contributed by atoms with Gasteiger partial charge in [-0.3, -0.25) is 4.79 Å². The molecule has 0 saturated heterocycles. The number of carbonyl (C=O) groups is 1. The molecule has 0 radical (unpaired) electrons. The molecule has 0 N–H and O–H groups in total. The van der Waals surface area contributed by atoms with Crippen molar-refractivity contribution in [2.24, 2.45) is 29.6 Å². The number of hydrogen-bond donors (Lipinski definition) is 0. The molecule has 1 rings (SSSR count). The number of unbranched alkanes of at least 4 members (excludes halogenated alkanes) is 64. The van der Waals surface area contributed by atoms with Gasteiger partial charge in [0.2, 0.25) is 0 Å². The van der Waals surface area contributed by atoms with Gasteiger partial charge in [0.25, 0.3) is 0 Å². The van der Waals surface area contributed by atoms with E-state index in [1.165, 1.54) is 449 Å². The fourth-order valence-corrected chi connectivity index (χ4v) is 18.4. The molecule has 0 aromatic carbocycles. The van der Waals surface area contributed by atoms with Crippen molar-refractivity contribution in [1.82, 2.24) is 0 Å². The summed E-state index contributed by atoms with van der Waals surface area (Å²) in [5.74, 6) is 3.64. The maximum Gasteiger partial charge on any atom is 0.311 e. The Hall–Kier alpha value is -0.393. The van der Waals surface area contributed by atoms with Crippen molar-refractivity contribution in [3.63, 3.8) is 0 Å². The van der Waals surface area contributed by atoms with Crippen LogP contribution in [0.25, 0.3) is 0 Å². The van der Waals surface area contributed by atoms with Crippen molar-refractivity contribution in [3.8, 4) is 0 Å². The third kappa shape index (κ3) is 61.6. The van der Waals surface area contributed by atoms with Gasteiger partial charge >= 0.3 is 5.97 Å². The van der Waals surface area contributed by atoms with Crippen molar-refractivity contribution >= 4 is 14.3 Å². The van der Waals surface area contributed by atoms with Gasteiger partial charge in [-0.15, -0.1) is 0 Å². The quantitative estimate of drug-likeness (QED) is 0.0346. The number of methoxy groups -OCH3 is 2. The smallest absolute Gasteiger partial charge is 0.311 e. The van der Waals surface area contributed by atoms with Gasteiger partial charge in [0.1, 0.15) is 0 Å². The summed E-state index contributed by atoms with van der Waals surface area (Å²) in [4.78, 5) is 13.4. The first-order valence-corrected chi connectivity index (χ1v) is 50.0. The number of esters is 1. The van der Waals surface area contributed by atoms with Crippen molar-refractivity contribution < 1.29 is 18.7 Å². The highest BCUT2D eigenvalue weighted by Gasteiger charge is 2.42. The van der Waals surface area contributed by atoms with Gasteiger partial charge in [-0.25, -0.2) is 0 Å². The summed E-state index contributed by atoms with van der Waals surface area (Å²) in [5, 5.41) is 0.123. The summed E-state index contributed by atoms with van der Waals surface area (Å²) < 4.78 is 18.6. The molecule has 0 heterocycles. The summed E-state index contributed by atoms with van der Waals surface area (Å²) in [7, 11) is 1.52. The van der Waals surface area contributed by atoms with Crippen LogP contribution in [0.4, 0.5) is 0 Å².